The predicted octanol–water partition coefficient (Wildman–Crippen LogP) is 2.06. The molecule has 0 radical (unpaired) electrons. The summed E-state index contributed by atoms with van der Waals surface area (Å²) in [5.41, 5.74) is 0.968. The monoisotopic (exact) mass is 295 g/mol. The number of thiazole rings is 1. The molecule has 0 saturated heterocycles. The fourth-order valence-corrected chi connectivity index (χ4v) is 3.82. The van der Waals surface area contributed by atoms with Gasteiger partial charge in [0.05, 0.1) is 16.5 Å². The second-order valence-corrected chi connectivity index (χ2v) is 6.41. The van der Waals surface area contributed by atoms with Crippen molar-refractivity contribution in [3.8, 4) is 0 Å². The average molecular weight is 295 g/mol. The third-order valence-corrected chi connectivity index (χ3v) is 4.60. The lowest BCUT2D eigenvalue weighted by atomic mass is 10.3. The zero-order chi connectivity index (χ0) is 13.6. The molecule has 0 saturated carbocycles. The first-order chi connectivity index (χ1) is 9.06. The van der Waals surface area contributed by atoms with Gasteiger partial charge in [-0.15, -0.1) is 22.7 Å². The van der Waals surface area contributed by atoms with E-state index in [0.29, 0.717) is 11.4 Å². The molecule has 1 N–H and O–H groups in total. The van der Waals surface area contributed by atoms with Crippen LogP contribution in [0.1, 0.15) is 16.6 Å². The minimum absolute atomic E-state index is 0.0760. The number of hydrogen-bond donors (Lipinski definition) is 1. The second-order valence-electron chi connectivity index (χ2n) is 4.50. The molecule has 0 fully saturated rings. The zero-order valence-electron chi connectivity index (χ0n) is 10.5. The van der Waals surface area contributed by atoms with Crippen LogP contribution in [-0.2, 0) is 0 Å². The Kier molecular flexibility index (Phi) is 3.04. The van der Waals surface area contributed by atoms with Crippen LogP contribution in [0.5, 0.6) is 0 Å². The van der Waals surface area contributed by atoms with Crippen LogP contribution in [0.15, 0.2) is 17.6 Å². The van der Waals surface area contributed by atoms with E-state index in [-0.39, 0.29) is 5.91 Å². The molecule has 1 amide bonds. The largest absolute Gasteiger partial charge is 0.392 e. The van der Waals surface area contributed by atoms with Gasteiger partial charge in [0.25, 0.3) is 5.91 Å². The molecule has 0 aromatic carbocycles. The van der Waals surface area contributed by atoms with E-state index in [1.807, 2.05) is 22.0 Å². The quantitative estimate of drug-likeness (QED) is 0.804. The summed E-state index contributed by atoms with van der Waals surface area (Å²) in [6, 6.07) is 1.87. The van der Waals surface area contributed by atoms with E-state index in [2.05, 4.69) is 4.98 Å². The third-order valence-electron chi connectivity index (χ3n) is 2.84. The standard InChI is InChI=1S/C12H13N3O2S2/c1-7(16)6-14(2)11(17)9-5-8-10(19-9)13-12-15(8)3-4-18-12/h3-5,7,16H,6H2,1-2H3. The second kappa shape index (κ2) is 4.59. The number of imidazole rings is 1. The van der Waals surface area contributed by atoms with Crippen LogP contribution in [0.2, 0.25) is 0 Å². The Morgan fingerprint density at radius 2 is 2.42 bits per heavy atom. The van der Waals surface area contributed by atoms with Crippen molar-refractivity contribution in [3.63, 3.8) is 0 Å². The van der Waals surface area contributed by atoms with Crippen LogP contribution in [0.25, 0.3) is 15.3 Å². The number of carbonyl (C=O) groups is 1. The molecule has 3 heterocycles. The summed E-state index contributed by atoms with van der Waals surface area (Å²) >= 11 is 2.97. The molecular formula is C12H13N3O2S2. The van der Waals surface area contributed by atoms with E-state index in [1.54, 1.807) is 25.3 Å². The number of fused-ring (bicyclic) bond motifs is 3. The van der Waals surface area contributed by atoms with Gasteiger partial charge in [0.1, 0.15) is 4.83 Å². The van der Waals surface area contributed by atoms with Crippen molar-refractivity contribution in [3.05, 3.63) is 22.5 Å². The molecule has 1 unspecified atom stereocenters. The number of aliphatic hydroxyl groups is 1. The van der Waals surface area contributed by atoms with Gasteiger partial charge < -0.3 is 10.0 Å². The summed E-state index contributed by atoms with van der Waals surface area (Å²) < 4.78 is 1.99. The lowest BCUT2D eigenvalue weighted by Crippen LogP contribution is -2.32. The number of aromatic nitrogens is 2. The SMILES string of the molecule is CC(O)CN(C)C(=O)c1cc2c(nc3sccn32)s1. The van der Waals surface area contributed by atoms with Gasteiger partial charge in [-0.25, -0.2) is 4.98 Å². The van der Waals surface area contributed by atoms with Crippen LogP contribution >= 0.6 is 22.7 Å². The number of likely N-dealkylation sites (N-methyl/N-ethyl adjacent to an activating group) is 1. The summed E-state index contributed by atoms with van der Waals surface area (Å²) in [5, 5.41) is 11.3. The summed E-state index contributed by atoms with van der Waals surface area (Å²) in [6.07, 6.45) is 1.43. The molecule has 0 aliphatic rings. The fraction of sp³-hybridized carbons (Fsp3) is 0.333. The van der Waals surface area contributed by atoms with Gasteiger partial charge in [0, 0.05) is 25.2 Å². The maximum absolute atomic E-state index is 12.2. The van der Waals surface area contributed by atoms with Gasteiger partial charge in [-0.1, -0.05) is 0 Å². The predicted molar refractivity (Wildman–Crippen MR) is 77.1 cm³/mol. The van der Waals surface area contributed by atoms with Gasteiger partial charge in [-0.05, 0) is 13.0 Å². The number of hydrogen-bond acceptors (Lipinski definition) is 5. The van der Waals surface area contributed by atoms with Gasteiger partial charge in [-0.3, -0.25) is 9.20 Å². The highest BCUT2D eigenvalue weighted by Crippen LogP contribution is 2.28. The molecule has 0 spiro atoms. The van der Waals surface area contributed by atoms with Crippen LogP contribution in [-0.4, -0.2) is 45.0 Å². The van der Waals surface area contributed by atoms with Gasteiger partial charge in [0.15, 0.2) is 4.96 Å². The molecule has 0 aliphatic carbocycles. The van der Waals surface area contributed by atoms with Gasteiger partial charge >= 0.3 is 0 Å². The molecule has 100 valence electrons. The van der Waals surface area contributed by atoms with Crippen LogP contribution in [0.3, 0.4) is 0 Å². The van der Waals surface area contributed by atoms with Crippen LogP contribution in [0, 0.1) is 0 Å². The molecule has 3 rings (SSSR count). The van der Waals surface area contributed by atoms with E-state index in [1.165, 1.54) is 16.2 Å². The molecule has 0 bridgehead atoms. The fourth-order valence-electron chi connectivity index (χ4n) is 2.02. The average Bonchev–Trinajstić information content (AvgIpc) is 2.97. The maximum atomic E-state index is 12.2. The van der Waals surface area contributed by atoms with E-state index in [0.717, 1.165) is 15.3 Å². The Balaban J connectivity index is 1.96. The van der Waals surface area contributed by atoms with Crippen molar-refractivity contribution in [2.24, 2.45) is 0 Å². The number of nitrogens with zero attached hydrogens (tertiary/aromatic N) is 3. The molecule has 3 aromatic rings. The Hall–Kier alpha value is -1.44. The molecule has 5 nitrogen and oxygen atoms in total. The van der Waals surface area contributed by atoms with Crippen molar-refractivity contribution in [2.45, 2.75) is 13.0 Å². The van der Waals surface area contributed by atoms with Crippen molar-refractivity contribution < 1.29 is 9.90 Å². The number of amides is 1. The highest BCUT2D eigenvalue weighted by molar-refractivity contribution is 7.21. The Labute approximate surface area is 117 Å². The molecule has 0 aliphatic heterocycles. The van der Waals surface area contributed by atoms with E-state index in [9.17, 15) is 9.90 Å². The lowest BCUT2D eigenvalue weighted by Gasteiger charge is -2.17. The molecule has 7 heteroatoms. The lowest BCUT2D eigenvalue weighted by molar-refractivity contribution is 0.0708. The summed E-state index contributed by atoms with van der Waals surface area (Å²) in [7, 11) is 1.69. The smallest absolute Gasteiger partial charge is 0.263 e. The maximum Gasteiger partial charge on any atom is 0.263 e. The topological polar surface area (TPSA) is 57.8 Å². The molecule has 3 aromatic heterocycles. The first-order valence-electron chi connectivity index (χ1n) is 5.85. The Bertz CT molecular complexity index is 740. The minimum Gasteiger partial charge on any atom is -0.392 e. The van der Waals surface area contributed by atoms with Crippen LogP contribution in [0.4, 0.5) is 0 Å². The molecular weight excluding hydrogens is 282 g/mol. The van der Waals surface area contributed by atoms with Gasteiger partial charge in [-0.2, -0.15) is 0 Å². The number of rotatable bonds is 3. The summed E-state index contributed by atoms with van der Waals surface area (Å²) in [4.78, 5) is 20.7. The molecule has 19 heavy (non-hydrogen) atoms. The first kappa shape index (κ1) is 12.6. The number of thiophene rings is 1. The highest BCUT2D eigenvalue weighted by atomic mass is 32.1. The summed E-state index contributed by atoms with van der Waals surface area (Å²) in [6.45, 7) is 2.00. The van der Waals surface area contributed by atoms with Crippen molar-refractivity contribution in [1.82, 2.24) is 14.3 Å². The zero-order valence-corrected chi connectivity index (χ0v) is 12.2. The minimum atomic E-state index is -0.525. The van der Waals surface area contributed by atoms with Crippen molar-refractivity contribution in [2.75, 3.05) is 13.6 Å². The first-order valence-corrected chi connectivity index (χ1v) is 7.54. The van der Waals surface area contributed by atoms with Gasteiger partial charge in [0.2, 0.25) is 0 Å². The molecule has 1 atom stereocenters. The van der Waals surface area contributed by atoms with E-state index in [4.69, 9.17) is 0 Å². The van der Waals surface area contributed by atoms with Crippen molar-refractivity contribution in [1.29, 1.82) is 0 Å². The van der Waals surface area contributed by atoms with E-state index >= 15 is 0 Å². The Morgan fingerprint density at radius 1 is 1.63 bits per heavy atom. The number of carbonyl (C=O) groups excluding carboxylic acids is 1. The normalized spacial score (nSPS) is 13.2. The highest BCUT2D eigenvalue weighted by Gasteiger charge is 2.18. The van der Waals surface area contributed by atoms with E-state index < -0.39 is 6.10 Å². The number of aliphatic hydroxyl groups excluding tert-OH is 1. The Morgan fingerprint density at radius 3 is 3.16 bits per heavy atom. The summed E-state index contributed by atoms with van der Waals surface area (Å²) in [5.74, 6) is -0.0760. The van der Waals surface area contributed by atoms with Crippen molar-refractivity contribution >= 4 is 43.9 Å². The van der Waals surface area contributed by atoms with Crippen LogP contribution < -0.4 is 0 Å². The third kappa shape index (κ3) is 2.13.